The van der Waals surface area contributed by atoms with Crippen molar-refractivity contribution in [2.45, 2.75) is 26.2 Å². The average molecular weight is 264 g/mol. The van der Waals surface area contributed by atoms with Crippen molar-refractivity contribution in [3.8, 4) is 5.88 Å². The Kier molecular flexibility index (Phi) is 4.54. The fraction of sp³-hybridized carbons (Fsp3) is 0.615. The maximum atomic E-state index is 11.0. The molecule has 0 radical (unpaired) electrons. The predicted octanol–water partition coefficient (Wildman–Crippen LogP) is 0.967. The molecular weight excluding hydrogens is 244 g/mol. The Balaban J connectivity index is 2.04. The number of piperidine rings is 1. The zero-order valence-electron chi connectivity index (χ0n) is 11.2. The SMILES string of the molecule is CCOc1cc(N2CCCC(CC(N)=O)C2)ncn1. The molecule has 0 bridgehead atoms. The zero-order chi connectivity index (χ0) is 13.7. The number of nitrogens with zero attached hydrogens (tertiary/aromatic N) is 3. The van der Waals surface area contributed by atoms with Crippen LogP contribution in [0.25, 0.3) is 0 Å². The van der Waals surface area contributed by atoms with Gasteiger partial charge in [0.1, 0.15) is 12.1 Å². The van der Waals surface area contributed by atoms with Gasteiger partial charge in [0.05, 0.1) is 6.61 Å². The summed E-state index contributed by atoms with van der Waals surface area (Å²) in [5, 5.41) is 0. The van der Waals surface area contributed by atoms with Crippen molar-refractivity contribution >= 4 is 11.7 Å². The molecular formula is C13H20N4O2. The molecule has 1 aliphatic heterocycles. The summed E-state index contributed by atoms with van der Waals surface area (Å²) in [6.07, 6.45) is 4.05. The maximum Gasteiger partial charge on any atom is 0.218 e. The first-order valence-electron chi connectivity index (χ1n) is 6.67. The summed E-state index contributed by atoms with van der Waals surface area (Å²) in [6.45, 7) is 4.26. The molecule has 2 heterocycles. The van der Waals surface area contributed by atoms with E-state index in [9.17, 15) is 4.79 Å². The first-order valence-corrected chi connectivity index (χ1v) is 6.67. The fourth-order valence-electron chi connectivity index (χ4n) is 2.45. The van der Waals surface area contributed by atoms with Crippen molar-refractivity contribution in [3.63, 3.8) is 0 Å². The molecule has 1 aromatic rings. The van der Waals surface area contributed by atoms with Gasteiger partial charge in [-0.3, -0.25) is 4.79 Å². The molecule has 1 saturated heterocycles. The average Bonchev–Trinajstić information content (AvgIpc) is 2.39. The standard InChI is InChI=1S/C13H20N4O2/c1-2-19-13-7-12(15-9-16-13)17-5-3-4-10(8-17)6-11(14)18/h7,9-10H,2-6,8H2,1H3,(H2,14,18). The molecule has 0 aromatic carbocycles. The monoisotopic (exact) mass is 264 g/mol. The number of primary amides is 1. The van der Waals surface area contributed by atoms with Gasteiger partial charge in [0.15, 0.2) is 0 Å². The molecule has 19 heavy (non-hydrogen) atoms. The highest BCUT2D eigenvalue weighted by Gasteiger charge is 2.22. The van der Waals surface area contributed by atoms with Crippen LogP contribution in [-0.4, -0.2) is 35.6 Å². The topological polar surface area (TPSA) is 81.3 Å². The van der Waals surface area contributed by atoms with Gasteiger partial charge in [0.2, 0.25) is 11.8 Å². The number of hydrogen-bond acceptors (Lipinski definition) is 5. The molecule has 0 aliphatic carbocycles. The Morgan fingerprint density at radius 2 is 2.42 bits per heavy atom. The maximum absolute atomic E-state index is 11.0. The van der Waals surface area contributed by atoms with Gasteiger partial charge in [-0.05, 0) is 25.7 Å². The van der Waals surface area contributed by atoms with Gasteiger partial charge in [-0.2, -0.15) is 0 Å². The quantitative estimate of drug-likeness (QED) is 0.857. The van der Waals surface area contributed by atoms with Crippen LogP contribution in [0, 0.1) is 5.92 Å². The van der Waals surface area contributed by atoms with Crippen LogP contribution in [0.5, 0.6) is 5.88 Å². The third-order valence-electron chi connectivity index (χ3n) is 3.25. The number of carbonyl (C=O) groups excluding carboxylic acids is 1. The third kappa shape index (κ3) is 3.81. The number of nitrogens with two attached hydrogens (primary N) is 1. The molecule has 2 N–H and O–H groups in total. The summed E-state index contributed by atoms with van der Waals surface area (Å²) in [4.78, 5) is 21.5. The Morgan fingerprint density at radius 1 is 1.58 bits per heavy atom. The van der Waals surface area contributed by atoms with Crippen LogP contribution in [0.15, 0.2) is 12.4 Å². The van der Waals surface area contributed by atoms with Gasteiger partial charge in [-0.25, -0.2) is 9.97 Å². The number of carbonyl (C=O) groups is 1. The van der Waals surface area contributed by atoms with Gasteiger partial charge >= 0.3 is 0 Å². The van der Waals surface area contributed by atoms with Crippen LogP contribution >= 0.6 is 0 Å². The number of aromatic nitrogens is 2. The van der Waals surface area contributed by atoms with Crippen LogP contribution in [0.4, 0.5) is 5.82 Å². The minimum atomic E-state index is -0.232. The molecule has 104 valence electrons. The normalized spacial score (nSPS) is 19.2. The second-order valence-corrected chi connectivity index (χ2v) is 4.77. The van der Waals surface area contributed by atoms with E-state index in [1.165, 1.54) is 6.33 Å². The third-order valence-corrected chi connectivity index (χ3v) is 3.25. The lowest BCUT2D eigenvalue weighted by Gasteiger charge is -2.33. The lowest BCUT2D eigenvalue weighted by Crippen LogP contribution is -2.37. The van der Waals surface area contributed by atoms with Crippen LogP contribution < -0.4 is 15.4 Å². The molecule has 6 nitrogen and oxygen atoms in total. The molecule has 1 atom stereocenters. The Morgan fingerprint density at radius 3 is 3.16 bits per heavy atom. The van der Waals surface area contributed by atoms with Crippen molar-refractivity contribution in [1.29, 1.82) is 0 Å². The van der Waals surface area contributed by atoms with E-state index in [0.29, 0.717) is 24.8 Å². The highest BCUT2D eigenvalue weighted by Crippen LogP contribution is 2.24. The lowest BCUT2D eigenvalue weighted by molar-refractivity contribution is -0.118. The van der Waals surface area contributed by atoms with Gasteiger partial charge in [0.25, 0.3) is 0 Å². The van der Waals surface area contributed by atoms with Crippen molar-refractivity contribution in [2.75, 3.05) is 24.6 Å². The summed E-state index contributed by atoms with van der Waals surface area (Å²) in [6, 6.07) is 1.84. The smallest absolute Gasteiger partial charge is 0.218 e. The summed E-state index contributed by atoms with van der Waals surface area (Å²) in [5.41, 5.74) is 5.27. The van der Waals surface area contributed by atoms with Gasteiger partial charge in [-0.1, -0.05) is 0 Å². The molecule has 6 heteroatoms. The summed E-state index contributed by atoms with van der Waals surface area (Å²) in [7, 11) is 0. The zero-order valence-corrected chi connectivity index (χ0v) is 11.2. The molecule has 1 fully saturated rings. The summed E-state index contributed by atoms with van der Waals surface area (Å²) in [5.74, 6) is 1.53. The summed E-state index contributed by atoms with van der Waals surface area (Å²) >= 11 is 0. The van der Waals surface area contributed by atoms with Crippen molar-refractivity contribution in [2.24, 2.45) is 11.7 Å². The summed E-state index contributed by atoms with van der Waals surface area (Å²) < 4.78 is 5.38. The minimum absolute atomic E-state index is 0.232. The molecule has 1 unspecified atom stereocenters. The second-order valence-electron chi connectivity index (χ2n) is 4.77. The van der Waals surface area contributed by atoms with Crippen LogP contribution in [0.2, 0.25) is 0 Å². The molecule has 1 aromatic heterocycles. The van der Waals surface area contributed by atoms with Crippen LogP contribution in [-0.2, 0) is 4.79 Å². The first kappa shape index (κ1) is 13.6. The highest BCUT2D eigenvalue weighted by molar-refractivity contribution is 5.74. The Bertz CT molecular complexity index is 438. The van der Waals surface area contributed by atoms with Crippen molar-refractivity contribution in [3.05, 3.63) is 12.4 Å². The molecule has 1 amide bonds. The number of ether oxygens (including phenoxy) is 1. The van der Waals surface area contributed by atoms with E-state index >= 15 is 0 Å². The van der Waals surface area contributed by atoms with Crippen LogP contribution in [0.3, 0.4) is 0 Å². The first-order chi connectivity index (χ1) is 9.19. The number of hydrogen-bond donors (Lipinski definition) is 1. The minimum Gasteiger partial charge on any atom is -0.478 e. The second kappa shape index (κ2) is 6.36. The Labute approximate surface area is 113 Å². The number of anilines is 1. The van der Waals surface area contributed by atoms with E-state index in [4.69, 9.17) is 10.5 Å². The Hall–Kier alpha value is -1.85. The number of amides is 1. The van der Waals surface area contributed by atoms with Crippen molar-refractivity contribution < 1.29 is 9.53 Å². The highest BCUT2D eigenvalue weighted by atomic mass is 16.5. The van der Waals surface area contributed by atoms with E-state index in [2.05, 4.69) is 14.9 Å². The molecule has 2 rings (SSSR count). The number of rotatable bonds is 5. The van der Waals surface area contributed by atoms with E-state index in [1.54, 1.807) is 0 Å². The van der Waals surface area contributed by atoms with E-state index in [-0.39, 0.29) is 5.91 Å². The van der Waals surface area contributed by atoms with Crippen LogP contribution in [0.1, 0.15) is 26.2 Å². The molecule has 1 aliphatic rings. The van der Waals surface area contributed by atoms with E-state index in [1.807, 2.05) is 13.0 Å². The predicted molar refractivity (Wildman–Crippen MR) is 71.9 cm³/mol. The van der Waals surface area contributed by atoms with E-state index in [0.717, 1.165) is 31.7 Å². The van der Waals surface area contributed by atoms with E-state index < -0.39 is 0 Å². The molecule has 0 saturated carbocycles. The van der Waals surface area contributed by atoms with Gasteiger partial charge < -0.3 is 15.4 Å². The lowest BCUT2D eigenvalue weighted by atomic mass is 9.94. The largest absolute Gasteiger partial charge is 0.478 e. The molecule has 0 spiro atoms. The fourth-order valence-corrected chi connectivity index (χ4v) is 2.45. The van der Waals surface area contributed by atoms with Crippen molar-refractivity contribution in [1.82, 2.24) is 9.97 Å². The van der Waals surface area contributed by atoms with Gasteiger partial charge in [-0.15, -0.1) is 0 Å². The van der Waals surface area contributed by atoms with Gasteiger partial charge in [0, 0.05) is 25.6 Å².